The van der Waals surface area contributed by atoms with E-state index in [0.717, 1.165) is 87.7 Å². The summed E-state index contributed by atoms with van der Waals surface area (Å²) in [4.78, 5) is 31.3. The fourth-order valence-corrected chi connectivity index (χ4v) is 8.40. The van der Waals surface area contributed by atoms with Crippen molar-refractivity contribution in [1.82, 2.24) is 4.90 Å². The molecular weight excluding hydrogens is 428 g/mol. The van der Waals surface area contributed by atoms with Gasteiger partial charge in [-0.15, -0.1) is 0 Å². The fourth-order valence-electron chi connectivity index (χ4n) is 8.40. The molecule has 7 nitrogen and oxygen atoms in total. The molecule has 4 saturated carbocycles. The number of amides is 1. The van der Waals surface area contributed by atoms with E-state index in [-0.39, 0.29) is 10.6 Å². The highest BCUT2D eigenvalue weighted by atomic mass is 16.6. The predicted octanol–water partition coefficient (Wildman–Crippen LogP) is 4.84. The van der Waals surface area contributed by atoms with E-state index in [1.165, 1.54) is 44.9 Å². The normalized spacial score (nSPS) is 32.8. The number of carbonyl (C=O) groups excluding carboxylic acids is 1. The lowest BCUT2D eigenvalue weighted by Crippen LogP contribution is -2.52. The van der Waals surface area contributed by atoms with Crippen LogP contribution in [0, 0.1) is 33.3 Å². The topological polar surface area (TPSA) is 69.9 Å². The summed E-state index contributed by atoms with van der Waals surface area (Å²) in [6.45, 7) is 4.87. The molecule has 184 valence electrons. The molecule has 0 aromatic heterocycles. The van der Waals surface area contributed by atoms with Gasteiger partial charge in [-0.1, -0.05) is 0 Å². The second kappa shape index (κ2) is 8.72. The first kappa shape index (κ1) is 22.2. The summed E-state index contributed by atoms with van der Waals surface area (Å²) in [6.07, 6.45) is 12.2. The number of hydrogen-bond donors (Lipinski definition) is 0. The van der Waals surface area contributed by atoms with E-state index in [2.05, 4.69) is 14.7 Å². The maximum absolute atomic E-state index is 13.3. The average Bonchev–Trinajstić information content (AvgIpc) is 2.83. The van der Waals surface area contributed by atoms with Crippen molar-refractivity contribution in [1.29, 1.82) is 0 Å². The van der Waals surface area contributed by atoms with Gasteiger partial charge in [0.2, 0.25) is 5.91 Å². The molecule has 0 radical (unpaired) electrons. The van der Waals surface area contributed by atoms with Gasteiger partial charge in [-0.2, -0.15) is 0 Å². The molecule has 0 atom stereocenters. The third-order valence-electron chi connectivity index (χ3n) is 9.54. The molecule has 0 unspecified atom stereocenters. The number of nitro benzene ring substituents is 1. The van der Waals surface area contributed by atoms with Crippen molar-refractivity contribution >= 4 is 23.0 Å². The summed E-state index contributed by atoms with van der Waals surface area (Å²) in [5, 5.41) is 11.7. The molecule has 1 aromatic rings. The van der Waals surface area contributed by atoms with Gasteiger partial charge >= 0.3 is 0 Å². The zero-order valence-electron chi connectivity index (χ0n) is 20.3. The Morgan fingerprint density at radius 1 is 0.882 bits per heavy atom. The Morgan fingerprint density at radius 2 is 1.50 bits per heavy atom. The third-order valence-corrected chi connectivity index (χ3v) is 9.54. The molecule has 4 aliphatic carbocycles. The van der Waals surface area contributed by atoms with Gasteiger partial charge in [0.25, 0.3) is 5.69 Å². The van der Waals surface area contributed by atoms with Gasteiger partial charge in [-0.05, 0) is 93.1 Å². The monoisotopic (exact) mass is 466 g/mol. The summed E-state index contributed by atoms with van der Waals surface area (Å²) in [5.41, 5.74) is 2.29. The highest BCUT2D eigenvalue weighted by Gasteiger charge is 2.51. The van der Waals surface area contributed by atoms with Crippen LogP contribution in [0.1, 0.15) is 64.2 Å². The maximum Gasteiger partial charge on any atom is 0.292 e. The minimum absolute atomic E-state index is 0.204. The lowest BCUT2D eigenvalue weighted by Gasteiger charge is -2.57. The largest absolute Gasteiger partial charge is 0.368 e. The van der Waals surface area contributed by atoms with Crippen LogP contribution >= 0.6 is 0 Å². The molecule has 7 rings (SSSR count). The zero-order chi connectivity index (χ0) is 23.3. The number of anilines is 2. The number of piperazine rings is 1. The van der Waals surface area contributed by atoms with Gasteiger partial charge in [0.1, 0.15) is 5.69 Å². The van der Waals surface area contributed by atoms with Crippen LogP contribution in [0.4, 0.5) is 17.1 Å². The van der Waals surface area contributed by atoms with E-state index in [9.17, 15) is 14.9 Å². The Balaban J connectivity index is 1.10. The van der Waals surface area contributed by atoms with Crippen molar-refractivity contribution in [2.75, 3.05) is 49.1 Å². The standard InChI is InChI=1S/C27H38N4O3/c32-26(19-27-16-20-12-21(17-27)14-22(13-20)18-27)30-10-8-28(9-11-30)23-4-5-24(31(33)34)25(15-23)29-6-2-1-3-7-29/h4-5,15,20-22H,1-3,6-14,16-19H2. The molecule has 0 N–H and O–H groups in total. The first-order valence-corrected chi connectivity index (χ1v) is 13.5. The van der Waals surface area contributed by atoms with E-state index < -0.39 is 0 Å². The number of carbonyl (C=O) groups is 1. The van der Waals surface area contributed by atoms with Crippen molar-refractivity contribution in [2.45, 2.75) is 64.2 Å². The minimum Gasteiger partial charge on any atom is -0.368 e. The predicted molar refractivity (Wildman–Crippen MR) is 133 cm³/mol. The Hall–Kier alpha value is -2.31. The highest BCUT2D eigenvalue weighted by Crippen LogP contribution is 2.61. The van der Waals surface area contributed by atoms with Crippen LogP contribution in [0.5, 0.6) is 0 Å². The molecule has 4 bridgehead atoms. The number of nitrogens with zero attached hydrogens (tertiary/aromatic N) is 4. The third kappa shape index (κ3) is 4.16. The van der Waals surface area contributed by atoms with Crippen LogP contribution in [-0.4, -0.2) is 55.0 Å². The van der Waals surface area contributed by atoms with Crippen LogP contribution in [0.2, 0.25) is 0 Å². The second-order valence-electron chi connectivity index (χ2n) is 11.9. The van der Waals surface area contributed by atoms with Crippen molar-refractivity contribution in [3.63, 3.8) is 0 Å². The molecule has 0 spiro atoms. The summed E-state index contributed by atoms with van der Waals surface area (Å²) in [6, 6.07) is 5.57. The number of nitro groups is 1. The van der Waals surface area contributed by atoms with Crippen LogP contribution in [0.3, 0.4) is 0 Å². The van der Waals surface area contributed by atoms with Crippen LogP contribution in [-0.2, 0) is 4.79 Å². The molecule has 6 aliphatic rings. The number of hydrogen-bond acceptors (Lipinski definition) is 5. The fraction of sp³-hybridized carbons (Fsp3) is 0.741. The van der Waals surface area contributed by atoms with Crippen molar-refractivity contribution in [3.8, 4) is 0 Å². The zero-order valence-corrected chi connectivity index (χ0v) is 20.3. The maximum atomic E-state index is 13.3. The van der Waals surface area contributed by atoms with Gasteiger partial charge in [0, 0.05) is 57.4 Å². The number of benzene rings is 1. The van der Waals surface area contributed by atoms with Crippen LogP contribution < -0.4 is 9.80 Å². The van der Waals surface area contributed by atoms with Gasteiger partial charge in [-0.3, -0.25) is 14.9 Å². The average molecular weight is 467 g/mol. The molecule has 34 heavy (non-hydrogen) atoms. The van der Waals surface area contributed by atoms with Crippen molar-refractivity contribution < 1.29 is 9.72 Å². The van der Waals surface area contributed by atoms with E-state index in [0.29, 0.717) is 11.3 Å². The first-order chi connectivity index (χ1) is 16.5. The van der Waals surface area contributed by atoms with Crippen molar-refractivity contribution in [3.05, 3.63) is 28.3 Å². The Labute approximate surface area is 202 Å². The smallest absolute Gasteiger partial charge is 0.292 e. The second-order valence-corrected chi connectivity index (χ2v) is 11.9. The summed E-state index contributed by atoms with van der Waals surface area (Å²) < 4.78 is 0. The highest BCUT2D eigenvalue weighted by molar-refractivity contribution is 5.77. The Morgan fingerprint density at radius 3 is 2.09 bits per heavy atom. The Kier molecular flexibility index (Phi) is 5.69. The molecule has 2 aliphatic heterocycles. The first-order valence-electron chi connectivity index (χ1n) is 13.5. The molecule has 6 fully saturated rings. The molecule has 2 saturated heterocycles. The molecular formula is C27H38N4O3. The van der Waals surface area contributed by atoms with Crippen LogP contribution in [0.15, 0.2) is 18.2 Å². The van der Waals surface area contributed by atoms with E-state index in [4.69, 9.17) is 0 Å². The summed E-state index contributed by atoms with van der Waals surface area (Å²) in [7, 11) is 0. The molecule has 1 aromatic carbocycles. The minimum atomic E-state index is -0.255. The molecule has 1 amide bonds. The number of piperidine rings is 1. The lowest BCUT2D eigenvalue weighted by atomic mass is 9.49. The van der Waals surface area contributed by atoms with E-state index in [1.807, 2.05) is 12.1 Å². The summed E-state index contributed by atoms with van der Waals surface area (Å²) >= 11 is 0. The van der Waals surface area contributed by atoms with E-state index in [1.54, 1.807) is 6.07 Å². The molecule has 2 heterocycles. The Bertz CT molecular complexity index is 914. The van der Waals surface area contributed by atoms with Gasteiger partial charge in [0.05, 0.1) is 4.92 Å². The quantitative estimate of drug-likeness (QED) is 0.459. The van der Waals surface area contributed by atoms with E-state index >= 15 is 0 Å². The SMILES string of the molecule is O=C(CC12CC3CC(CC(C3)C1)C2)N1CCN(c2ccc([N+](=O)[O-])c(N3CCCCC3)c2)CC1. The lowest BCUT2D eigenvalue weighted by molar-refractivity contribution is -0.384. The van der Waals surface area contributed by atoms with Crippen LogP contribution in [0.25, 0.3) is 0 Å². The van der Waals surface area contributed by atoms with Gasteiger partial charge < -0.3 is 14.7 Å². The van der Waals surface area contributed by atoms with Gasteiger partial charge in [-0.25, -0.2) is 0 Å². The van der Waals surface area contributed by atoms with Crippen molar-refractivity contribution in [2.24, 2.45) is 23.2 Å². The number of rotatable bonds is 5. The van der Waals surface area contributed by atoms with Gasteiger partial charge in [0.15, 0.2) is 0 Å². The molecule has 7 heteroatoms. The summed E-state index contributed by atoms with van der Waals surface area (Å²) in [5.74, 6) is 3.01.